The van der Waals surface area contributed by atoms with Gasteiger partial charge in [-0.2, -0.15) is 0 Å². The smallest absolute Gasteiger partial charge is 0.124 e. The van der Waals surface area contributed by atoms with Gasteiger partial charge in [0.2, 0.25) is 0 Å². The van der Waals surface area contributed by atoms with E-state index in [1.54, 1.807) is 0 Å². The van der Waals surface area contributed by atoms with Gasteiger partial charge in [-0.25, -0.2) is 0 Å². The largest absolute Gasteiger partial charge is 0.395 e. The van der Waals surface area contributed by atoms with E-state index in [1.807, 2.05) is 11.8 Å². The molecule has 1 fully saturated rings. The van der Waals surface area contributed by atoms with Gasteiger partial charge in [0.1, 0.15) is 6.29 Å². The van der Waals surface area contributed by atoms with Crippen molar-refractivity contribution in [2.45, 2.75) is 22.6 Å². The minimum atomic E-state index is 0.248. The van der Waals surface area contributed by atoms with Crippen LogP contribution in [-0.2, 0) is 11.2 Å². The summed E-state index contributed by atoms with van der Waals surface area (Å²) in [6.07, 6.45) is 2.54. The zero-order valence-electron chi connectivity index (χ0n) is 16.8. The quantitative estimate of drug-likeness (QED) is 0.674. The summed E-state index contributed by atoms with van der Waals surface area (Å²) < 4.78 is 0. The summed E-state index contributed by atoms with van der Waals surface area (Å²) in [5.41, 5.74) is 3.56. The Hall–Kier alpha value is -1.86. The van der Waals surface area contributed by atoms with Crippen LogP contribution in [0.25, 0.3) is 0 Å². The van der Waals surface area contributed by atoms with Crippen molar-refractivity contribution in [1.29, 1.82) is 0 Å². The maximum atomic E-state index is 11.0. The van der Waals surface area contributed by atoms with Gasteiger partial charge in [-0.1, -0.05) is 30.0 Å². The van der Waals surface area contributed by atoms with Crippen molar-refractivity contribution in [2.24, 2.45) is 0 Å². The molecule has 154 valence electrons. The predicted molar refractivity (Wildman–Crippen MR) is 118 cm³/mol. The molecule has 0 spiro atoms. The molecule has 0 aliphatic carbocycles. The van der Waals surface area contributed by atoms with Gasteiger partial charge in [0.05, 0.1) is 18.0 Å². The summed E-state index contributed by atoms with van der Waals surface area (Å²) in [5, 5.41) is 9.10. The Morgan fingerprint density at radius 1 is 0.897 bits per heavy atom. The second kappa shape index (κ2) is 9.76. The van der Waals surface area contributed by atoms with Gasteiger partial charge in [-0.15, -0.1) is 0 Å². The fourth-order valence-electron chi connectivity index (χ4n) is 4.17. The van der Waals surface area contributed by atoms with Crippen LogP contribution < -0.4 is 4.90 Å². The maximum Gasteiger partial charge on any atom is 0.124 e. The van der Waals surface area contributed by atoms with Crippen LogP contribution in [0, 0.1) is 0 Å². The zero-order valence-corrected chi connectivity index (χ0v) is 17.6. The van der Waals surface area contributed by atoms with Crippen LogP contribution in [0.3, 0.4) is 0 Å². The van der Waals surface area contributed by atoms with Gasteiger partial charge in [0.25, 0.3) is 0 Å². The van der Waals surface area contributed by atoms with Crippen LogP contribution >= 0.6 is 11.8 Å². The first-order chi connectivity index (χ1) is 14.3. The molecule has 0 bridgehead atoms. The molecule has 29 heavy (non-hydrogen) atoms. The van der Waals surface area contributed by atoms with Gasteiger partial charge in [0.15, 0.2) is 0 Å². The lowest BCUT2D eigenvalue weighted by Gasteiger charge is -2.36. The molecule has 4 rings (SSSR count). The van der Waals surface area contributed by atoms with Gasteiger partial charge < -0.3 is 19.7 Å². The minimum absolute atomic E-state index is 0.248. The molecule has 5 nitrogen and oxygen atoms in total. The van der Waals surface area contributed by atoms with Crippen LogP contribution in [0.1, 0.15) is 12.0 Å². The number of carbonyl (C=O) groups is 1. The summed E-state index contributed by atoms with van der Waals surface area (Å²) in [6, 6.07) is 15.0. The number of anilines is 2. The van der Waals surface area contributed by atoms with E-state index in [9.17, 15) is 4.79 Å². The van der Waals surface area contributed by atoms with Gasteiger partial charge in [-0.05, 0) is 42.8 Å². The maximum absolute atomic E-state index is 11.0. The number of aliphatic hydroxyl groups is 1. The van der Waals surface area contributed by atoms with Crippen molar-refractivity contribution in [3.8, 4) is 0 Å². The number of hydrogen-bond donors (Lipinski definition) is 1. The first kappa shape index (κ1) is 20.4. The minimum Gasteiger partial charge on any atom is -0.395 e. The molecule has 0 amide bonds. The zero-order chi connectivity index (χ0) is 20.1. The molecule has 0 saturated carbocycles. The summed E-state index contributed by atoms with van der Waals surface area (Å²) in [6.45, 7) is 7.32. The van der Waals surface area contributed by atoms with E-state index in [2.05, 4.69) is 57.2 Å². The molecule has 0 aromatic heterocycles. The third kappa shape index (κ3) is 4.83. The van der Waals surface area contributed by atoms with E-state index in [0.29, 0.717) is 6.42 Å². The molecule has 2 aliphatic rings. The molecule has 0 unspecified atom stereocenters. The number of para-hydroxylation sites is 1. The van der Waals surface area contributed by atoms with Crippen LogP contribution in [0.4, 0.5) is 11.4 Å². The molecule has 1 saturated heterocycles. The topological polar surface area (TPSA) is 47.0 Å². The number of rotatable bonds is 8. The number of nitrogens with zero attached hydrogens (tertiary/aromatic N) is 3. The van der Waals surface area contributed by atoms with Crippen LogP contribution in [-0.4, -0.2) is 73.6 Å². The van der Waals surface area contributed by atoms with Crippen molar-refractivity contribution < 1.29 is 9.90 Å². The van der Waals surface area contributed by atoms with E-state index >= 15 is 0 Å². The van der Waals surface area contributed by atoms with Crippen molar-refractivity contribution in [3.05, 3.63) is 48.0 Å². The second-order valence-electron chi connectivity index (χ2n) is 7.65. The third-order valence-corrected chi connectivity index (χ3v) is 6.88. The van der Waals surface area contributed by atoms with Crippen LogP contribution in [0.5, 0.6) is 0 Å². The van der Waals surface area contributed by atoms with Gasteiger partial charge in [-0.3, -0.25) is 4.90 Å². The molecular formula is C23H29N3O2S. The lowest BCUT2D eigenvalue weighted by atomic mass is 10.1. The molecule has 2 aromatic rings. The highest BCUT2D eigenvalue weighted by molar-refractivity contribution is 7.99. The van der Waals surface area contributed by atoms with Crippen molar-refractivity contribution in [3.63, 3.8) is 0 Å². The van der Waals surface area contributed by atoms with Crippen molar-refractivity contribution in [1.82, 2.24) is 9.80 Å². The standard InChI is InChI=1S/C23H29N3O2S/c27-16-8-19-6-7-23-21(18-19)26(20-4-1-2-5-22(20)29-23)10-3-9-24-11-13-25(14-12-24)15-17-28/h1-2,4-7,16,18,28H,3,8-15,17H2. The number of aliphatic hydroxyl groups excluding tert-OH is 1. The molecule has 1 N–H and O–H groups in total. The van der Waals surface area contributed by atoms with E-state index in [0.717, 1.165) is 64.1 Å². The number of benzene rings is 2. The fraction of sp³-hybridized carbons (Fsp3) is 0.435. The number of fused-ring (bicyclic) bond motifs is 2. The van der Waals surface area contributed by atoms with E-state index in [1.165, 1.54) is 21.2 Å². The third-order valence-electron chi connectivity index (χ3n) is 5.75. The van der Waals surface area contributed by atoms with E-state index in [-0.39, 0.29) is 6.61 Å². The molecule has 2 heterocycles. The molecular weight excluding hydrogens is 382 g/mol. The van der Waals surface area contributed by atoms with E-state index < -0.39 is 0 Å². The molecule has 2 aromatic carbocycles. The normalized spacial score (nSPS) is 17.1. The Kier molecular flexibility index (Phi) is 6.87. The summed E-state index contributed by atoms with van der Waals surface area (Å²) in [7, 11) is 0. The number of carbonyl (C=O) groups excluding carboxylic acids is 1. The number of piperazine rings is 1. The van der Waals surface area contributed by atoms with Crippen molar-refractivity contribution >= 4 is 29.4 Å². The molecule has 6 heteroatoms. The Balaban J connectivity index is 1.44. The highest BCUT2D eigenvalue weighted by Gasteiger charge is 2.24. The summed E-state index contributed by atoms with van der Waals surface area (Å²) >= 11 is 1.81. The second-order valence-corrected chi connectivity index (χ2v) is 8.74. The highest BCUT2D eigenvalue weighted by Crippen LogP contribution is 2.48. The van der Waals surface area contributed by atoms with Gasteiger partial charge in [0, 0.05) is 55.5 Å². The van der Waals surface area contributed by atoms with Gasteiger partial charge >= 0.3 is 0 Å². The van der Waals surface area contributed by atoms with Crippen LogP contribution in [0.15, 0.2) is 52.3 Å². The Morgan fingerprint density at radius 3 is 2.38 bits per heavy atom. The Labute approximate surface area is 177 Å². The average molecular weight is 412 g/mol. The number of β-amino-alcohol motifs (C(OH)–C–C–N with tert-alkyl or cyclic N) is 1. The highest BCUT2D eigenvalue weighted by atomic mass is 32.2. The summed E-state index contributed by atoms with van der Waals surface area (Å²) in [5.74, 6) is 0. The molecule has 2 aliphatic heterocycles. The summed E-state index contributed by atoms with van der Waals surface area (Å²) in [4.78, 5) is 20.8. The first-order valence-corrected chi connectivity index (χ1v) is 11.3. The van der Waals surface area contributed by atoms with Crippen molar-refractivity contribution in [2.75, 3.05) is 57.3 Å². The Bertz CT molecular complexity index is 837. The predicted octanol–water partition coefficient (Wildman–Crippen LogP) is 3.03. The average Bonchev–Trinajstić information content (AvgIpc) is 2.75. The fourth-order valence-corrected chi connectivity index (χ4v) is 5.25. The SMILES string of the molecule is O=CCc1ccc2c(c1)N(CCCN1CCN(CCO)CC1)c1ccccc1S2. The number of aldehydes is 1. The van der Waals surface area contributed by atoms with E-state index in [4.69, 9.17) is 5.11 Å². The van der Waals surface area contributed by atoms with Crippen LogP contribution in [0.2, 0.25) is 0 Å². The Morgan fingerprint density at radius 2 is 1.62 bits per heavy atom. The molecule has 0 atom stereocenters. The first-order valence-electron chi connectivity index (χ1n) is 10.4. The lowest BCUT2D eigenvalue weighted by Crippen LogP contribution is -2.47. The monoisotopic (exact) mass is 411 g/mol. The number of hydrogen-bond acceptors (Lipinski definition) is 6. The molecule has 0 radical (unpaired) electrons. The lowest BCUT2D eigenvalue weighted by molar-refractivity contribution is -0.107.